The number of benzene rings is 5. The average Bonchev–Trinajstić information content (AvgIpc) is 2.88. The fourth-order valence-electron chi connectivity index (χ4n) is 5.17. The van der Waals surface area contributed by atoms with Gasteiger partial charge in [-0.15, -0.1) is 0 Å². The molecule has 0 saturated heterocycles. The molecular weight excluding hydrogens is 432 g/mol. The number of hydrogen-bond acceptors (Lipinski definition) is 0. The molecule has 5 aromatic rings. The first-order valence-corrected chi connectivity index (χ1v) is 12.8. The monoisotopic (exact) mass is 466 g/mol. The second-order valence-electron chi connectivity index (χ2n) is 10.3. The van der Waals surface area contributed by atoms with E-state index in [0.717, 1.165) is 0 Å². The predicted molar refractivity (Wildman–Crippen MR) is 157 cm³/mol. The number of aryl methyl sites for hydroxylation is 6. The molecule has 0 atom stereocenters. The molecule has 5 rings (SSSR count). The van der Waals surface area contributed by atoms with Crippen molar-refractivity contribution in [2.24, 2.45) is 0 Å². The Labute approximate surface area is 216 Å². The van der Waals surface area contributed by atoms with Crippen LogP contribution in [0.5, 0.6) is 0 Å². The summed E-state index contributed by atoms with van der Waals surface area (Å²) in [5.41, 5.74) is 18.1. The summed E-state index contributed by atoms with van der Waals surface area (Å²) in [5.74, 6) is 0. The maximum Gasteiger partial charge on any atom is -0.0152 e. The Morgan fingerprint density at radius 1 is 0.278 bits per heavy atom. The van der Waals surface area contributed by atoms with Gasteiger partial charge in [-0.05, 0) is 108 Å². The van der Waals surface area contributed by atoms with E-state index in [-0.39, 0.29) is 0 Å². The average molecular weight is 467 g/mol. The molecule has 0 unspecified atom stereocenters. The van der Waals surface area contributed by atoms with Gasteiger partial charge in [-0.1, -0.05) is 108 Å². The van der Waals surface area contributed by atoms with Gasteiger partial charge in [-0.2, -0.15) is 0 Å². The second kappa shape index (κ2) is 9.63. The molecule has 5 aromatic carbocycles. The van der Waals surface area contributed by atoms with Crippen molar-refractivity contribution in [1.82, 2.24) is 0 Å². The Kier molecular flexibility index (Phi) is 6.37. The van der Waals surface area contributed by atoms with Crippen LogP contribution in [0.4, 0.5) is 0 Å². The van der Waals surface area contributed by atoms with E-state index in [1.54, 1.807) is 0 Å². The van der Waals surface area contributed by atoms with Gasteiger partial charge in [0, 0.05) is 0 Å². The molecule has 36 heavy (non-hydrogen) atoms. The predicted octanol–water partition coefficient (Wildman–Crippen LogP) is 10.2. The van der Waals surface area contributed by atoms with Crippen LogP contribution < -0.4 is 0 Å². The molecule has 0 N–H and O–H groups in total. The molecule has 0 heteroatoms. The van der Waals surface area contributed by atoms with Gasteiger partial charge in [-0.25, -0.2) is 0 Å². The zero-order valence-electron chi connectivity index (χ0n) is 22.2. The van der Waals surface area contributed by atoms with Gasteiger partial charge in [-0.3, -0.25) is 0 Å². The summed E-state index contributed by atoms with van der Waals surface area (Å²) >= 11 is 0. The van der Waals surface area contributed by atoms with E-state index in [4.69, 9.17) is 0 Å². The normalized spacial score (nSPS) is 11.1. The lowest BCUT2D eigenvalue weighted by atomic mass is 9.89. The van der Waals surface area contributed by atoms with E-state index in [1.807, 2.05) is 0 Å². The zero-order chi connectivity index (χ0) is 25.4. The van der Waals surface area contributed by atoms with E-state index in [9.17, 15) is 0 Å². The molecule has 0 aliphatic rings. The molecule has 0 aliphatic heterocycles. The van der Waals surface area contributed by atoms with E-state index in [0.29, 0.717) is 0 Å². The fraction of sp³-hybridized carbons (Fsp3) is 0.167. The minimum Gasteiger partial charge on any atom is -0.0587 e. The highest BCUT2D eigenvalue weighted by Crippen LogP contribution is 2.35. The lowest BCUT2D eigenvalue weighted by molar-refractivity contribution is 1.37. The van der Waals surface area contributed by atoms with Crippen molar-refractivity contribution >= 4 is 0 Å². The molecular formula is C36H34. The molecule has 0 radical (unpaired) electrons. The van der Waals surface area contributed by atoms with Crippen molar-refractivity contribution in [3.63, 3.8) is 0 Å². The van der Waals surface area contributed by atoms with Gasteiger partial charge in [0.2, 0.25) is 0 Å². The van der Waals surface area contributed by atoms with Crippen LogP contribution in [-0.2, 0) is 0 Å². The van der Waals surface area contributed by atoms with E-state index in [1.165, 1.54) is 77.9 Å². The molecule has 0 saturated carbocycles. The largest absolute Gasteiger partial charge is 0.0587 e. The van der Waals surface area contributed by atoms with Crippen molar-refractivity contribution in [2.75, 3.05) is 0 Å². The summed E-state index contributed by atoms with van der Waals surface area (Å²) < 4.78 is 0. The van der Waals surface area contributed by atoms with Gasteiger partial charge in [0.15, 0.2) is 0 Å². The molecule has 0 spiro atoms. The smallest absolute Gasteiger partial charge is 0.0152 e. The van der Waals surface area contributed by atoms with Crippen molar-refractivity contribution in [3.8, 4) is 44.5 Å². The van der Waals surface area contributed by atoms with Crippen molar-refractivity contribution < 1.29 is 0 Å². The summed E-state index contributed by atoms with van der Waals surface area (Å²) in [4.78, 5) is 0. The standard InChI is InChI=1S/C36H34/c1-23-7-11-29(12-8-23)33-19-27(5)35(21-25(33)3)31-15-17-32(18-16-31)36-22-26(4)34(20-28(36)6)30-13-9-24(2)10-14-30/h7-22H,1-6H3. The molecule has 0 nitrogen and oxygen atoms in total. The summed E-state index contributed by atoms with van der Waals surface area (Å²) in [6.07, 6.45) is 0. The molecule has 0 bridgehead atoms. The van der Waals surface area contributed by atoms with Gasteiger partial charge >= 0.3 is 0 Å². The summed E-state index contributed by atoms with van der Waals surface area (Å²) in [6.45, 7) is 13.1. The van der Waals surface area contributed by atoms with Crippen LogP contribution in [-0.4, -0.2) is 0 Å². The third-order valence-electron chi connectivity index (χ3n) is 7.37. The number of hydrogen-bond donors (Lipinski definition) is 0. The van der Waals surface area contributed by atoms with Crippen molar-refractivity contribution in [1.29, 1.82) is 0 Å². The van der Waals surface area contributed by atoms with Crippen LogP contribution in [0.1, 0.15) is 33.4 Å². The van der Waals surface area contributed by atoms with Crippen LogP contribution in [0.2, 0.25) is 0 Å². The highest BCUT2D eigenvalue weighted by molar-refractivity contribution is 5.80. The first kappa shape index (κ1) is 23.8. The summed E-state index contributed by atoms with van der Waals surface area (Å²) in [6, 6.07) is 36.1. The van der Waals surface area contributed by atoms with Crippen LogP contribution in [0.3, 0.4) is 0 Å². The van der Waals surface area contributed by atoms with Gasteiger partial charge in [0.05, 0.1) is 0 Å². The van der Waals surface area contributed by atoms with Gasteiger partial charge in [0.25, 0.3) is 0 Å². The minimum atomic E-state index is 1.26. The molecule has 0 fully saturated rings. The van der Waals surface area contributed by atoms with Crippen molar-refractivity contribution in [3.05, 3.63) is 130 Å². The second-order valence-corrected chi connectivity index (χ2v) is 10.3. The lowest BCUT2D eigenvalue weighted by Gasteiger charge is -2.15. The Balaban J connectivity index is 1.46. The maximum atomic E-state index is 2.34. The first-order chi connectivity index (χ1) is 17.3. The topological polar surface area (TPSA) is 0 Å². The lowest BCUT2D eigenvalue weighted by Crippen LogP contribution is -1.92. The first-order valence-electron chi connectivity index (χ1n) is 12.8. The van der Waals surface area contributed by atoms with E-state index >= 15 is 0 Å². The SMILES string of the molecule is Cc1ccc(-c2cc(C)c(-c3ccc(-c4cc(C)c(-c5ccc(C)cc5)cc4C)cc3)cc2C)cc1. The van der Waals surface area contributed by atoms with Crippen LogP contribution in [0, 0.1) is 41.5 Å². The molecule has 0 aromatic heterocycles. The van der Waals surface area contributed by atoms with Gasteiger partial charge in [0.1, 0.15) is 0 Å². The Bertz CT molecular complexity index is 1410. The van der Waals surface area contributed by atoms with Crippen LogP contribution in [0.25, 0.3) is 44.5 Å². The van der Waals surface area contributed by atoms with Crippen LogP contribution in [0.15, 0.2) is 97.1 Å². The molecule has 0 amide bonds. The third-order valence-corrected chi connectivity index (χ3v) is 7.37. The van der Waals surface area contributed by atoms with Crippen LogP contribution >= 0.6 is 0 Å². The quantitative estimate of drug-likeness (QED) is 0.247. The highest BCUT2D eigenvalue weighted by Gasteiger charge is 2.11. The van der Waals surface area contributed by atoms with E-state index in [2.05, 4.69) is 139 Å². The maximum absolute atomic E-state index is 2.34. The highest BCUT2D eigenvalue weighted by atomic mass is 14.2. The molecule has 0 aliphatic carbocycles. The molecule has 0 heterocycles. The number of rotatable bonds is 4. The van der Waals surface area contributed by atoms with Gasteiger partial charge < -0.3 is 0 Å². The Morgan fingerprint density at radius 2 is 0.472 bits per heavy atom. The molecule has 178 valence electrons. The third kappa shape index (κ3) is 4.64. The minimum absolute atomic E-state index is 1.26. The Hall–Kier alpha value is -3.90. The fourth-order valence-corrected chi connectivity index (χ4v) is 5.17. The zero-order valence-corrected chi connectivity index (χ0v) is 22.2. The van der Waals surface area contributed by atoms with E-state index < -0.39 is 0 Å². The Morgan fingerprint density at radius 3 is 0.694 bits per heavy atom. The summed E-state index contributed by atoms with van der Waals surface area (Å²) in [5, 5.41) is 0. The van der Waals surface area contributed by atoms with Crippen molar-refractivity contribution in [2.45, 2.75) is 41.5 Å². The summed E-state index contributed by atoms with van der Waals surface area (Å²) in [7, 11) is 0.